The van der Waals surface area contributed by atoms with E-state index >= 15 is 0 Å². The number of allylic oxidation sites excluding steroid dienone is 10. The van der Waals surface area contributed by atoms with E-state index in [4.69, 9.17) is 18.9 Å². The maximum Gasteiger partial charge on any atom is 0.306 e. The first-order valence-corrected chi connectivity index (χ1v) is 25.5. The molecule has 0 radical (unpaired) electrons. The molecule has 62 heavy (non-hydrogen) atoms. The van der Waals surface area contributed by atoms with E-state index in [2.05, 4.69) is 38.2 Å². The molecule has 0 aromatic carbocycles. The van der Waals surface area contributed by atoms with Crippen molar-refractivity contribution in [2.24, 2.45) is 0 Å². The van der Waals surface area contributed by atoms with E-state index in [0.29, 0.717) is 12.8 Å². The van der Waals surface area contributed by atoms with E-state index in [0.717, 1.165) is 57.8 Å². The average molecular weight is 897 g/mol. The van der Waals surface area contributed by atoms with Crippen LogP contribution in [0.4, 0.5) is 0 Å². The van der Waals surface area contributed by atoms with Gasteiger partial charge in [0.2, 0.25) is 0 Å². The molecule has 0 aromatic rings. The summed E-state index contributed by atoms with van der Waals surface area (Å²) in [4.78, 5) is 25.4. The summed E-state index contributed by atoms with van der Waals surface area (Å²) >= 11 is 0. The van der Waals surface area contributed by atoms with Crippen LogP contribution in [0.1, 0.15) is 181 Å². The molecule has 0 aliphatic carbocycles. The predicted molar refractivity (Wildman–Crippen MR) is 247 cm³/mol. The first-order valence-electron chi connectivity index (χ1n) is 23.9. The van der Waals surface area contributed by atoms with Crippen molar-refractivity contribution in [3.8, 4) is 0 Å². The van der Waals surface area contributed by atoms with Crippen molar-refractivity contribution in [1.82, 2.24) is 0 Å². The second-order valence-electron chi connectivity index (χ2n) is 16.5. The predicted octanol–water partition coefficient (Wildman–Crippen LogP) is 10.1. The number of rotatable bonds is 39. The molecule has 0 amide bonds. The minimum atomic E-state index is -4.61. The lowest BCUT2D eigenvalue weighted by Crippen LogP contribution is -2.60. The summed E-state index contributed by atoms with van der Waals surface area (Å²) in [7, 11) is -4.61. The van der Waals surface area contributed by atoms with Crippen molar-refractivity contribution in [1.29, 1.82) is 0 Å². The normalized spacial score (nSPS) is 20.4. The second kappa shape index (κ2) is 38.8. The Hall–Kier alpha value is -2.65. The number of aliphatic hydroxyl groups excluding tert-OH is 3. The van der Waals surface area contributed by atoms with E-state index in [1.54, 1.807) is 0 Å². The van der Waals surface area contributed by atoms with Crippen LogP contribution in [-0.4, -0.2) is 96.0 Å². The van der Waals surface area contributed by atoms with Gasteiger partial charge < -0.3 is 34.3 Å². The van der Waals surface area contributed by atoms with Gasteiger partial charge in [-0.1, -0.05) is 171 Å². The molecular formula is C49H84O12S. The largest absolute Gasteiger partial charge is 0.462 e. The number of aliphatic hydroxyl groups is 3. The number of ether oxygens (including phenoxy) is 4. The zero-order chi connectivity index (χ0) is 45.5. The van der Waals surface area contributed by atoms with Gasteiger partial charge in [-0.05, 0) is 57.8 Å². The lowest BCUT2D eigenvalue weighted by Gasteiger charge is -2.40. The Balaban J connectivity index is 2.42. The van der Waals surface area contributed by atoms with E-state index in [1.807, 2.05) is 36.5 Å². The van der Waals surface area contributed by atoms with Crippen LogP contribution in [0.3, 0.4) is 0 Å². The SMILES string of the molecule is CC/C=C/C=C/C=C/C=C/CCCCCCCC(=O)O[C@H](COC(=O)CCCCCCCCCCC/C=C/CCCCCCCC)CO[C@H]1O[C@H](CS(=O)(=O)O)[C@@H](O)C(O)C1O. The Bertz CT molecular complexity index is 1370. The average Bonchev–Trinajstić information content (AvgIpc) is 3.24. The third-order valence-corrected chi connectivity index (χ3v) is 11.4. The first kappa shape index (κ1) is 57.4. The first-order chi connectivity index (χ1) is 30.0. The van der Waals surface area contributed by atoms with Crippen LogP contribution in [0.5, 0.6) is 0 Å². The molecule has 13 heteroatoms. The molecule has 1 aliphatic rings. The molecule has 12 nitrogen and oxygen atoms in total. The lowest BCUT2D eigenvalue weighted by molar-refractivity contribution is -0.297. The second-order valence-corrected chi connectivity index (χ2v) is 18.0. The molecule has 0 bridgehead atoms. The van der Waals surface area contributed by atoms with Gasteiger partial charge >= 0.3 is 11.9 Å². The lowest BCUT2D eigenvalue weighted by atomic mass is 10.00. The van der Waals surface area contributed by atoms with Crippen LogP contribution in [0.25, 0.3) is 0 Å². The standard InChI is InChI=1S/C49H84O12S/c1-3-5-7-9-11-13-15-17-19-20-21-22-24-25-27-29-31-33-35-37-44(50)58-39-42(40-59-49-48(54)47(53)46(52)43(61-49)41-62(55,56)57)60-45(51)38-36-34-32-30-28-26-23-18-16-14-12-10-8-6-4-2/h6,8,10,12,14,16-19,23,42-43,46-49,52-54H,3-5,7,9,11,13,15,20-22,24-41H2,1-2H3,(H,55,56,57)/b8-6+,12-10+,16-14+,19-17+,23-18+/t42-,43-,46-,47?,48?,49+/m1/s1. The molecule has 1 rings (SSSR count). The van der Waals surface area contributed by atoms with E-state index in [9.17, 15) is 37.9 Å². The monoisotopic (exact) mass is 897 g/mol. The quantitative estimate of drug-likeness (QED) is 0.0151. The Labute approximate surface area is 375 Å². The highest BCUT2D eigenvalue weighted by molar-refractivity contribution is 7.85. The maximum absolute atomic E-state index is 12.8. The zero-order valence-corrected chi connectivity index (χ0v) is 39.0. The number of hydrogen-bond acceptors (Lipinski definition) is 11. The Morgan fingerprint density at radius 3 is 1.56 bits per heavy atom. The summed E-state index contributed by atoms with van der Waals surface area (Å²) in [5.74, 6) is -2.02. The molecule has 0 saturated carbocycles. The minimum Gasteiger partial charge on any atom is -0.462 e. The molecule has 0 spiro atoms. The summed E-state index contributed by atoms with van der Waals surface area (Å²) < 4.78 is 54.1. The summed E-state index contributed by atoms with van der Waals surface area (Å²) in [5, 5.41) is 30.9. The smallest absolute Gasteiger partial charge is 0.306 e. The molecule has 6 atom stereocenters. The van der Waals surface area contributed by atoms with Gasteiger partial charge in [-0.25, -0.2) is 0 Å². The Kier molecular flexibility index (Phi) is 35.9. The van der Waals surface area contributed by atoms with E-state index in [-0.39, 0.29) is 19.4 Å². The van der Waals surface area contributed by atoms with Gasteiger partial charge in [0.25, 0.3) is 10.1 Å². The number of unbranched alkanes of at least 4 members (excludes halogenated alkanes) is 20. The van der Waals surface area contributed by atoms with Crippen molar-refractivity contribution in [2.45, 2.75) is 218 Å². The molecule has 1 saturated heterocycles. The molecule has 4 N–H and O–H groups in total. The molecular weight excluding hydrogens is 813 g/mol. The van der Waals surface area contributed by atoms with Crippen LogP contribution >= 0.6 is 0 Å². The maximum atomic E-state index is 12.8. The van der Waals surface area contributed by atoms with Crippen LogP contribution in [0.2, 0.25) is 0 Å². The highest BCUT2D eigenvalue weighted by Crippen LogP contribution is 2.24. The fourth-order valence-electron chi connectivity index (χ4n) is 6.98. The summed E-state index contributed by atoms with van der Waals surface area (Å²) in [6, 6.07) is 0. The van der Waals surface area contributed by atoms with Crippen LogP contribution in [0.15, 0.2) is 60.8 Å². The summed E-state index contributed by atoms with van der Waals surface area (Å²) in [6.45, 7) is 3.60. The van der Waals surface area contributed by atoms with Gasteiger partial charge in [0.05, 0.1) is 6.61 Å². The fraction of sp³-hybridized carbons (Fsp3) is 0.755. The van der Waals surface area contributed by atoms with Gasteiger partial charge in [0, 0.05) is 12.8 Å². The van der Waals surface area contributed by atoms with Gasteiger partial charge in [-0.3, -0.25) is 14.1 Å². The third-order valence-electron chi connectivity index (χ3n) is 10.7. The van der Waals surface area contributed by atoms with Crippen LogP contribution < -0.4 is 0 Å². The molecule has 0 aromatic heterocycles. The Morgan fingerprint density at radius 1 is 0.565 bits per heavy atom. The third kappa shape index (κ3) is 32.9. The van der Waals surface area contributed by atoms with Crippen LogP contribution in [-0.2, 0) is 38.7 Å². The van der Waals surface area contributed by atoms with Gasteiger partial charge in [-0.15, -0.1) is 0 Å². The van der Waals surface area contributed by atoms with Crippen molar-refractivity contribution in [3.05, 3.63) is 60.8 Å². The van der Waals surface area contributed by atoms with Gasteiger partial charge in [-0.2, -0.15) is 8.42 Å². The van der Waals surface area contributed by atoms with Crippen molar-refractivity contribution in [3.63, 3.8) is 0 Å². The van der Waals surface area contributed by atoms with Gasteiger partial charge in [0.15, 0.2) is 12.4 Å². The number of carbonyl (C=O) groups excluding carboxylic acids is 2. The highest BCUT2D eigenvalue weighted by Gasteiger charge is 2.46. The zero-order valence-electron chi connectivity index (χ0n) is 38.2. The minimum absolute atomic E-state index is 0.136. The number of esters is 2. The molecule has 2 unspecified atom stereocenters. The van der Waals surface area contributed by atoms with Crippen molar-refractivity contribution >= 4 is 22.1 Å². The number of hydrogen-bond donors (Lipinski definition) is 4. The molecule has 1 heterocycles. The van der Waals surface area contributed by atoms with E-state index < -0.39 is 71.2 Å². The molecule has 1 fully saturated rings. The van der Waals surface area contributed by atoms with Crippen molar-refractivity contribution in [2.75, 3.05) is 19.0 Å². The van der Waals surface area contributed by atoms with Gasteiger partial charge in [0.1, 0.15) is 36.8 Å². The fourth-order valence-corrected chi connectivity index (χ4v) is 7.67. The topological polar surface area (TPSA) is 186 Å². The highest BCUT2D eigenvalue weighted by atomic mass is 32.2. The van der Waals surface area contributed by atoms with Crippen molar-refractivity contribution < 1.29 is 56.8 Å². The summed E-state index contributed by atoms with van der Waals surface area (Å²) in [5.41, 5.74) is 0. The molecule has 1 aliphatic heterocycles. The Morgan fingerprint density at radius 2 is 1.03 bits per heavy atom. The van der Waals surface area contributed by atoms with E-state index in [1.165, 1.54) is 83.5 Å². The van der Waals surface area contributed by atoms with Crippen LogP contribution in [0, 0.1) is 0 Å². The summed E-state index contributed by atoms with van der Waals surface area (Å²) in [6.07, 6.45) is 38.3. The number of carbonyl (C=O) groups is 2. The molecule has 358 valence electrons.